The first-order valence-electron chi connectivity index (χ1n) is 7.02. The van der Waals surface area contributed by atoms with Gasteiger partial charge in [-0.05, 0) is 36.1 Å². The van der Waals surface area contributed by atoms with Crippen molar-refractivity contribution in [3.63, 3.8) is 0 Å². The predicted octanol–water partition coefficient (Wildman–Crippen LogP) is 3.16. The Morgan fingerprint density at radius 3 is 2.38 bits per heavy atom. The molecule has 2 aromatic carbocycles. The molecule has 0 aliphatic carbocycles. The van der Waals surface area contributed by atoms with E-state index in [0.717, 1.165) is 11.1 Å². The Hall–Kier alpha value is -2.13. The second-order valence-electron chi connectivity index (χ2n) is 5.19. The lowest BCUT2D eigenvalue weighted by atomic mass is 9.95. The molecule has 0 spiro atoms. The minimum absolute atomic E-state index is 0.0637. The zero-order chi connectivity index (χ0) is 15.2. The highest BCUT2D eigenvalue weighted by Gasteiger charge is 2.17. The smallest absolute Gasteiger partial charge is 0.246 e. The molecular weight excluding hydrogens is 262 g/mol. The van der Waals surface area contributed by atoms with E-state index in [9.17, 15) is 4.79 Å². The van der Waals surface area contributed by atoms with Gasteiger partial charge in [0.1, 0.15) is 6.61 Å². The van der Waals surface area contributed by atoms with Crippen molar-refractivity contribution in [2.45, 2.75) is 19.9 Å². The number of ether oxygens (including phenoxy) is 1. The van der Waals surface area contributed by atoms with Crippen molar-refractivity contribution < 1.29 is 9.53 Å². The maximum atomic E-state index is 11.9. The summed E-state index contributed by atoms with van der Waals surface area (Å²) < 4.78 is 4.91. The first-order chi connectivity index (χ1) is 10.1. The van der Waals surface area contributed by atoms with Crippen LogP contribution < -0.4 is 5.32 Å². The fourth-order valence-electron chi connectivity index (χ4n) is 2.28. The summed E-state index contributed by atoms with van der Waals surface area (Å²) in [6.45, 7) is 4.23. The highest BCUT2D eigenvalue weighted by atomic mass is 16.5. The molecule has 2 aromatic rings. The molecule has 0 heterocycles. The van der Waals surface area contributed by atoms with E-state index in [1.807, 2.05) is 30.3 Å². The van der Waals surface area contributed by atoms with Crippen LogP contribution in [0.3, 0.4) is 0 Å². The van der Waals surface area contributed by atoms with Crippen molar-refractivity contribution in [3.8, 4) is 0 Å². The summed E-state index contributed by atoms with van der Waals surface area (Å²) in [6.07, 6.45) is 0. The van der Waals surface area contributed by atoms with Crippen LogP contribution in [-0.4, -0.2) is 19.6 Å². The van der Waals surface area contributed by atoms with Crippen LogP contribution in [0.4, 0.5) is 0 Å². The van der Waals surface area contributed by atoms with Gasteiger partial charge < -0.3 is 10.1 Å². The molecule has 0 aliphatic heterocycles. The maximum absolute atomic E-state index is 11.9. The Morgan fingerprint density at radius 2 is 1.76 bits per heavy atom. The lowest BCUT2D eigenvalue weighted by Gasteiger charge is -2.20. The van der Waals surface area contributed by atoms with Crippen LogP contribution in [0.25, 0.3) is 0 Å². The van der Waals surface area contributed by atoms with Crippen LogP contribution >= 0.6 is 0 Å². The third kappa shape index (κ3) is 3.92. The fraction of sp³-hybridized carbons (Fsp3) is 0.278. The summed E-state index contributed by atoms with van der Waals surface area (Å²) in [5.74, 6) is -0.121. The minimum Gasteiger partial charge on any atom is -0.375 e. The highest BCUT2D eigenvalue weighted by molar-refractivity contribution is 5.78. The minimum atomic E-state index is -0.159. The summed E-state index contributed by atoms with van der Waals surface area (Å²) >= 11 is 0. The average Bonchev–Trinajstić information content (AvgIpc) is 2.49. The molecule has 3 heteroatoms. The molecule has 21 heavy (non-hydrogen) atoms. The Labute approximate surface area is 126 Å². The third-order valence-corrected chi connectivity index (χ3v) is 3.58. The van der Waals surface area contributed by atoms with Gasteiger partial charge in [-0.1, -0.05) is 48.5 Å². The SMILES string of the molecule is COCC(=O)N[C@H](c1ccccc1)c1ccc(C)c(C)c1. The van der Waals surface area contributed by atoms with Crippen LogP contribution in [0.5, 0.6) is 0 Å². The first kappa shape index (κ1) is 15.3. The van der Waals surface area contributed by atoms with Crippen LogP contribution in [-0.2, 0) is 9.53 Å². The number of carbonyl (C=O) groups excluding carboxylic acids is 1. The molecule has 1 amide bonds. The van der Waals surface area contributed by atoms with Gasteiger partial charge in [0, 0.05) is 7.11 Å². The van der Waals surface area contributed by atoms with Crippen molar-refractivity contribution in [3.05, 3.63) is 70.8 Å². The molecule has 0 bridgehead atoms. The van der Waals surface area contributed by atoms with Crippen molar-refractivity contribution in [1.82, 2.24) is 5.32 Å². The molecule has 110 valence electrons. The van der Waals surface area contributed by atoms with Crippen LogP contribution in [0.1, 0.15) is 28.3 Å². The summed E-state index contributed by atoms with van der Waals surface area (Å²) in [7, 11) is 1.52. The molecule has 0 aliphatic rings. The Balaban J connectivity index is 2.35. The second-order valence-corrected chi connectivity index (χ2v) is 5.19. The van der Waals surface area contributed by atoms with Gasteiger partial charge in [0.05, 0.1) is 6.04 Å². The third-order valence-electron chi connectivity index (χ3n) is 3.58. The number of aryl methyl sites for hydroxylation is 2. The van der Waals surface area contributed by atoms with E-state index >= 15 is 0 Å². The second kappa shape index (κ2) is 7.04. The summed E-state index contributed by atoms with van der Waals surface area (Å²) in [4.78, 5) is 11.9. The Bertz CT molecular complexity index is 608. The molecule has 1 atom stereocenters. The molecule has 1 N–H and O–H groups in total. The van der Waals surface area contributed by atoms with Gasteiger partial charge in [-0.25, -0.2) is 0 Å². The molecule has 0 radical (unpaired) electrons. The Morgan fingerprint density at radius 1 is 1.05 bits per heavy atom. The fourth-order valence-corrected chi connectivity index (χ4v) is 2.28. The summed E-state index contributed by atoms with van der Waals surface area (Å²) in [5.41, 5.74) is 4.60. The van der Waals surface area contributed by atoms with Gasteiger partial charge in [0.15, 0.2) is 0 Å². The summed E-state index contributed by atoms with van der Waals surface area (Å²) in [6, 6.07) is 16.1. The standard InChI is InChI=1S/C18H21NO2/c1-13-9-10-16(11-14(13)2)18(19-17(20)12-21-3)15-7-5-4-6-8-15/h4-11,18H,12H2,1-3H3,(H,19,20)/t18-/m1/s1. The zero-order valence-electron chi connectivity index (χ0n) is 12.7. The highest BCUT2D eigenvalue weighted by Crippen LogP contribution is 2.24. The molecule has 2 rings (SSSR count). The molecular formula is C18H21NO2. The van der Waals surface area contributed by atoms with E-state index in [0.29, 0.717) is 0 Å². The molecule has 3 nitrogen and oxygen atoms in total. The van der Waals surface area contributed by atoms with Crippen LogP contribution in [0, 0.1) is 13.8 Å². The van der Waals surface area contributed by atoms with Crippen LogP contribution in [0.2, 0.25) is 0 Å². The van der Waals surface area contributed by atoms with E-state index in [-0.39, 0.29) is 18.6 Å². The largest absolute Gasteiger partial charge is 0.375 e. The number of hydrogen-bond donors (Lipinski definition) is 1. The molecule has 0 saturated heterocycles. The number of rotatable bonds is 5. The number of amides is 1. The number of hydrogen-bond acceptors (Lipinski definition) is 2. The van der Waals surface area contributed by atoms with Gasteiger partial charge in [-0.15, -0.1) is 0 Å². The Kier molecular flexibility index (Phi) is 5.12. The topological polar surface area (TPSA) is 38.3 Å². The van der Waals surface area contributed by atoms with Crippen molar-refractivity contribution in [2.24, 2.45) is 0 Å². The van der Waals surface area contributed by atoms with Crippen molar-refractivity contribution in [1.29, 1.82) is 0 Å². The normalized spacial score (nSPS) is 12.0. The van der Waals surface area contributed by atoms with Gasteiger partial charge in [0.2, 0.25) is 5.91 Å². The van der Waals surface area contributed by atoms with Crippen molar-refractivity contribution >= 4 is 5.91 Å². The van der Waals surface area contributed by atoms with Gasteiger partial charge in [-0.2, -0.15) is 0 Å². The quantitative estimate of drug-likeness (QED) is 0.915. The number of benzene rings is 2. The number of methoxy groups -OCH3 is 1. The molecule has 0 aromatic heterocycles. The van der Waals surface area contributed by atoms with Gasteiger partial charge >= 0.3 is 0 Å². The lowest BCUT2D eigenvalue weighted by Crippen LogP contribution is -2.32. The predicted molar refractivity (Wildman–Crippen MR) is 84.2 cm³/mol. The first-order valence-corrected chi connectivity index (χ1v) is 7.02. The molecule has 0 unspecified atom stereocenters. The van der Waals surface area contributed by atoms with Gasteiger partial charge in [-0.3, -0.25) is 4.79 Å². The van der Waals surface area contributed by atoms with Gasteiger partial charge in [0.25, 0.3) is 0 Å². The van der Waals surface area contributed by atoms with Crippen LogP contribution in [0.15, 0.2) is 48.5 Å². The molecule has 0 saturated carbocycles. The maximum Gasteiger partial charge on any atom is 0.246 e. The molecule has 0 fully saturated rings. The van der Waals surface area contributed by atoms with E-state index in [4.69, 9.17) is 4.74 Å². The number of carbonyl (C=O) groups is 1. The average molecular weight is 283 g/mol. The van der Waals surface area contributed by atoms with Crippen molar-refractivity contribution in [2.75, 3.05) is 13.7 Å². The monoisotopic (exact) mass is 283 g/mol. The number of nitrogens with one attached hydrogen (secondary N) is 1. The lowest BCUT2D eigenvalue weighted by molar-refractivity contribution is -0.125. The van der Waals surface area contributed by atoms with E-state index in [1.165, 1.54) is 18.2 Å². The van der Waals surface area contributed by atoms with E-state index in [1.54, 1.807) is 0 Å². The van der Waals surface area contributed by atoms with E-state index < -0.39 is 0 Å². The van der Waals surface area contributed by atoms with E-state index in [2.05, 4.69) is 37.4 Å². The summed E-state index contributed by atoms with van der Waals surface area (Å²) in [5, 5.41) is 3.03. The zero-order valence-corrected chi connectivity index (χ0v) is 12.7.